The summed E-state index contributed by atoms with van der Waals surface area (Å²) < 4.78 is 15.2. The molecule has 18 heavy (non-hydrogen) atoms. The average Bonchev–Trinajstić information content (AvgIpc) is 2.82. The van der Waals surface area contributed by atoms with Crippen LogP contribution in [0.1, 0.15) is 25.5 Å². The Morgan fingerprint density at radius 1 is 1.33 bits per heavy atom. The van der Waals surface area contributed by atoms with E-state index >= 15 is 0 Å². The molecule has 1 nitrogen and oxygen atoms in total. The molecule has 1 aromatic heterocycles. The summed E-state index contributed by atoms with van der Waals surface area (Å²) in [4.78, 5) is 0.992. The van der Waals surface area contributed by atoms with Gasteiger partial charge < -0.3 is 5.32 Å². The minimum absolute atomic E-state index is 0.0265. The van der Waals surface area contributed by atoms with Crippen molar-refractivity contribution in [2.75, 3.05) is 6.54 Å². The van der Waals surface area contributed by atoms with Crippen molar-refractivity contribution in [1.82, 2.24) is 5.32 Å². The van der Waals surface area contributed by atoms with E-state index in [0.29, 0.717) is 0 Å². The third-order valence-electron chi connectivity index (χ3n) is 2.66. The quantitative estimate of drug-likeness (QED) is 0.852. The molecule has 0 spiro atoms. The second-order valence-electron chi connectivity index (χ2n) is 3.97. The predicted octanol–water partition coefficient (Wildman–Crippen LogP) is 4.71. The van der Waals surface area contributed by atoms with Crippen LogP contribution in [0, 0.1) is 5.82 Å². The summed E-state index contributed by atoms with van der Waals surface area (Å²) in [5.41, 5.74) is 0.762. The Bertz CT molecular complexity index is 497. The van der Waals surface area contributed by atoms with E-state index in [1.54, 1.807) is 29.2 Å². The van der Waals surface area contributed by atoms with Crippen molar-refractivity contribution in [3.8, 4) is 0 Å². The molecule has 1 atom stereocenters. The molecule has 0 saturated heterocycles. The fourth-order valence-electron chi connectivity index (χ4n) is 1.86. The molecule has 2 rings (SSSR count). The first kappa shape index (κ1) is 13.6. The molecular formula is C14H16FNS2. The number of halogens is 1. The molecule has 0 aliphatic heterocycles. The van der Waals surface area contributed by atoms with Crippen LogP contribution in [-0.4, -0.2) is 6.54 Å². The molecule has 0 radical (unpaired) electrons. The highest BCUT2D eigenvalue weighted by atomic mass is 32.2. The first-order valence-corrected chi connectivity index (χ1v) is 7.65. The molecule has 0 fully saturated rings. The fourth-order valence-corrected chi connectivity index (χ4v) is 3.84. The number of benzene rings is 1. The third-order valence-corrected chi connectivity index (χ3v) is 4.78. The molecule has 1 N–H and O–H groups in total. The Morgan fingerprint density at radius 3 is 2.83 bits per heavy atom. The summed E-state index contributed by atoms with van der Waals surface area (Å²) in [6, 6.07) is 9.38. The standard InChI is InChI=1S/C14H16FNS2/c1-3-16-10(2)14-11(15)6-4-7-12(14)18-13-8-5-9-17-13/h4-10,16H,3H2,1-2H3. The first-order chi connectivity index (χ1) is 8.72. The van der Waals surface area contributed by atoms with Crippen LogP contribution >= 0.6 is 23.1 Å². The SMILES string of the molecule is CCNC(C)c1c(F)cccc1Sc1cccs1. The van der Waals surface area contributed by atoms with Gasteiger partial charge in [0.25, 0.3) is 0 Å². The second-order valence-corrected chi connectivity index (χ2v) is 6.26. The van der Waals surface area contributed by atoms with Gasteiger partial charge in [-0.15, -0.1) is 11.3 Å². The number of hydrogen-bond donors (Lipinski definition) is 1. The minimum Gasteiger partial charge on any atom is -0.310 e. The van der Waals surface area contributed by atoms with Crippen LogP contribution in [0.3, 0.4) is 0 Å². The van der Waals surface area contributed by atoms with Gasteiger partial charge in [-0.1, -0.05) is 30.8 Å². The van der Waals surface area contributed by atoms with E-state index in [0.717, 1.165) is 17.0 Å². The van der Waals surface area contributed by atoms with Crippen LogP contribution in [0.25, 0.3) is 0 Å². The van der Waals surface area contributed by atoms with Gasteiger partial charge in [-0.05, 0) is 37.0 Å². The largest absolute Gasteiger partial charge is 0.310 e. The number of nitrogens with one attached hydrogen (secondary N) is 1. The zero-order valence-corrected chi connectivity index (χ0v) is 12.1. The van der Waals surface area contributed by atoms with Gasteiger partial charge in [0.15, 0.2) is 0 Å². The van der Waals surface area contributed by atoms with Crippen LogP contribution in [0.5, 0.6) is 0 Å². The summed E-state index contributed by atoms with van der Waals surface area (Å²) in [6.07, 6.45) is 0. The normalized spacial score (nSPS) is 12.6. The monoisotopic (exact) mass is 281 g/mol. The van der Waals surface area contributed by atoms with E-state index in [2.05, 4.69) is 11.4 Å². The first-order valence-electron chi connectivity index (χ1n) is 5.95. The molecule has 2 aromatic rings. The molecule has 0 aliphatic carbocycles. The van der Waals surface area contributed by atoms with E-state index in [4.69, 9.17) is 0 Å². The van der Waals surface area contributed by atoms with Crippen molar-refractivity contribution in [3.63, 3.8) is 0 Å². The van der Waals surface area contributed by atoms with Crippen LogP contribution in [0.15, 0.2) is 44.8 Å². The third kappa shape index (κ3) is 3.13. The summed E-state index contributed by atoms with van der Waals surface area (Å²) in [7, 11) is 0. The summed E-state index contributed by atoms with van der Waals surface area (Å²) in [5.74, 6) is -0.134. The van der Waals surface area contributed by atoms with Crippen molar-refractivity contribution in [2.24, 2.45) is 0 Å². The van der Waals surface area contributed by atoms with E-state index in [1.807, 2.05) is 31.4 Å². The minimum atomic E-state index is -0.134. The highest BCUT2D eigenvalue weighted by Crippen LogP contribution is 2.36. The number of rotatable bonds is 5. The van der Waals surface area contributed by atoms with Gasteiger partial charge in [0.05, 0.1) is 4.21 Å². The molecule has 0 saturated carbocycles. The van der Waals surface area contributed by atoms with Gasteiger partial charge in [0.1, 0.15) is 5.82 Å². The predicted molar refractivity (Wildman–Crippen MR) is 76.9 cm³/mol. The molecule has 0 amide bonds. The lowest BCUT2D eigenvalue weighted by atomic mass is 10.1. The number of hydrogen-bond acceptors (Lipinski definition) is 3. The maximum Gasteiger partial charge on any atom is 0.129 e. The summed E-state index contributed by atoms with van der Waals surface area (Å²) in [6.45, 7) is 4.86. The van der Waals surface area contributed by atoms with E-state index in [9.17, 15) is 4.39 Å². The zero-order valence-electron chi connectivity index (χ0n) is 10.4. The molecule has 1 aromatic carbocycles. The highest BCUT2D eigenvalue weighted by molar-refractivity contribution is 8.01. The Balaban J connectivity index is 2.31. The second kappa shape index (κ2) is 6.36. The van der Waals surface area contributed by atoms with E-state index in [-0.39, 0.29) is 11.9 Å². The van der Waals surface area contributed by atoms with Crippen LogP contribution in [0.2, 0.25) is 0 Å². The Hall–Kier alpha value is -0.840. The fraction of sp³-hybridized carbons (Fsp3) is 0.286. The molecule has 1 unspecified atom stereocenters. The van der Waals surface area contributed by atoms with Crippen molar-refractivity contribution >= 4 is 23.1 Å². The molecule has 1 heterocycles. The van der Waals surface area contributed by atoms with Gasteiger partial charge in [-0.25, -0.2) is 4.39 Å². The number of thiophene rings is 1. The van der Waals surface area contributed by atoms with E-state index < -0.39 is 0 Å². The molecule has 4 heteroatoms. The van der Waals surface area contributed by atoms with Gasteiger partial charge >= 0.3 is 0 Å². The molecule has 0 aliphatic rings. The lowest BCUT2D eigenvalue weighted by Crippen LogP contribution is -2.19. The lowest BCUT2D eigenvalue weighted by Gasteiger charge is -2.17. The van der Waals surface area contributed by atoms with Gasteiger partial charge in [0.2, 0.25) is 0 Å². The zero-order chi connectivity index (χ0) is 13.0. The van der Waals surface area contributed by atoms with Crippen LogP contribution in [-0.2, 0) is 0 Å². The maximum absolute atomic E-state index is 14.0. The lowest BCUT2D eigenvalue weighted by molar-refractivity contribution is 0.531. The van der Waals surface area contributed by atoms with Gasteiger partial charge in [0, 0.05) is 16.5 Å². The Kier molecular flexibility index (Phi) is 4.80. The molecule has 96 valence electrons. The smallest absolute Gasteiger partial charge is 0.129 e. The van der Waals surface area contributed by atoms with Crippen molar-refractivity contribution in [1.29, 1.82) is 0 Å². The Labute approximate surface area is 115 Å². The molecular weight excluding hydrogens is 265 g/mol. The summed E-state index contributed by atoms with van der Waals surface area (Å²) in [5, 5.41) is 5.31. The van der Waals surface area contributed by atoms with Crippen molar-refractivity contribution in [3.05, 3.63) is 47.1 Å². The Morgan fingerprint density at radius 2 is 2.17 bits per heavy atom. The van der Waals surface area contributed by atoms with Gasteiger partial charge in [-0.2, -0.15) is 0 Å². The average molecular weight is 281 g/mol. The molecule has 0 bridgehead atoms. The van der Waals surface area contributed by atoms with E-state index in [1.165, 1.54) is 10.3 Å². The topological polar surface area (TPSA) is 12.0 Å². The maximum atomic E-state index is 14.0. The van der Waals surface area contributed by atoms with Crippen molar-refractivity contribution in [2.45, 2.75) is 29.0 Å². The highest BCUT2D eigenvalue weighted by Gasteiger charge is 2.15. The van der Waals surface area contributed by atoms with Crippen LogP contribution in [0.4, 0.5) is 4.39 Å². The van der Waals surface area contributed by atoms with Crippen molar-refractivity contribution < 1.29 is 4.39 Å². The summed E-state index contributed by atoms with van der Waals surface area (Å²) >= 11 is 3.31. The van der Waals surface area contributed by atoms with Gasteiger partial charge in [-0.3, -0.25) is 0 Å². The van der Waals surface area contributed by atoms with Crippen LogP contribution < -0.4 is 5.32 Å².